The molecule has 0 saturated heterocycles. The van der Waals surface area contributed by atoms with Crippen molar-refractivity contribution < 1.29 is 14.0 Å². The molecule has 0 fully saturated rings. The van der Waals surface area contributed by atoms with E-state index in [2.05, 4.69) is 20.8 Å². The standard InChI is InChI=1S/C19H17FN4O2S2/c1-11(17(26)13-6-8-14(20)9-7-13)27-19-24-23-18(28-19)22-16-5-3-4-15(10-16)21-12(2)25/h3-11H,1-2H3,(H,21,25)(H,22,23). The van der Waals surface area contributed by atoms with Crippen molar-refractivity contribution in [3.05, 3.63) is 59.9 Å². The van der Waals surface area contributed by atoms with Crippen molar-refractivity contribution in [2.24, 2.45) is 0 Å². The molecule has 2 aromatic carbocycles. The summed E-state index contributed by atoms with van der Waals surface area (Å²) in [6, 6.07) is 12.7. The highest BCUT2D eigenvalue weighted by molar-refractivity contribution is 8.02. The molecular formula is C19H17FN4O2S2. The van der Waals surface area contributed by atoms with Crippen LogP contribution in [0.2, 0.25) is 0 Å². The number of hydrogen-bond acceptors (Lipinski definition) is 7. The minimum Gasteiger partial charge on any atom is -0.330 e. The minimum absolute atomic E-state index is 0.0993. The van der Waals surface area contributed by atoms with Crippen LogP contribution < -0.4 is 10.6 Å². The molecule has 0 aliphatic heterocycles. The summed E-state index contributed by atoms with van der Waals surface area (Å²) in [4.78, 5) is 23.6. The number of nitrogens with one attached hydrogen (secondary N) is 2. The van der Waals surface area contributed by atoms with Crippen molar-refractivity contribution in [3.63, 3.8) is 0 Å². The van der Waals surface area contributed by atoms with Gasteiger partial charge in [0, 0.05) is 23.9 Å². The molecule has 1 atom stereocenters. The molecular weight excluding hydrogens is 399 g/mol. The number of carbonyl (C=O) groups excluding carboxylic acids is 2. The first-order valence-electron chi connectivity index (χ1n) is 8.35. The molecule has 2 N–H and O–H groups in total. The predicted molar refractivity (Wildman–Crippen MR) is 110 cm³/mol. The van der Waals surface area contributed by atoms with Crippen LogP contribution in [0.4, 0.5) is 20.9 Å². The Balaban J connectivity index is 1.63. The summed E-state index contributed by atoms with van der Waals surface area (Å²) in [5.41, 5.74) is 1.89. The van der Waals surface area contributed by atoms with Gasteiger partial charge in [0.2, 0.25) is 11.0 Å². The highest BCUT2D eigenvalue weighted by Gasteiger charge is 2.19. The summed E-state index contributed by atoms with van der Waals surface area (Å²) in [7, 11) is 0. The molecule has 0 saturated carbocycles. The zero-order valence-electron chi connectivity index (χ0n) is 15.1. The Bertz CT molecular complexity index is 992. The maximum atomic E-state index is 13.0. The van der Waals surface area contributed by atoms with Crippen molar-refractivity contribution in [2.45, 2.75) is 23.4 Å². The number of benzene rings is 2. The molecule has 0 radical (unpaired) electrons. The summed E-state index contributed by atoms with van der Waals surface area (Å²) >= 11 is 2.62. The van der Waals surface area contributed by atoms with E-state index in [1.807, 2.05) is 12.1 Å². The minimum atomic E-state index is -0.380. The maximum Gasteiger partial charge on any atom is 0.221 e. The monoisotopic (exact) mass is 416 g/mol. The van der Waals surface area contributed by atoms with Crippen molar-refractivity contribution in [3.8, 4) is 0 Å². The fourth-order valence-electron chi connectivity index (χ4n) is 2.36. The number of aromatic nitrogens is 2. The second-order valence-corrected chi connectivity index (χ2v) is 8.46. The van der Waals surface area contributed by atoms with Gasteiger partial charge in [-0.05, 0) is 49.4 Å². The summed E-state index contributed by atoms with van der Waals surface area (Å²) in [6.45, 7) is 3.23. The molecule has 0 aliphatic rings. The van der Waals surface area contributed by atoms with Gasteiger partial charge in [-0.1, -0.05) is 29.2 Å². The maximum absolute atomic E-state index is 13.0. The Morgan fingerprint density at radius 1 is 1.11 bits per heavy atom. The van der Waals surface area contributed by atoms with E-state index >= 15 is 0 Å². The number of thioether (sulfide) groups is 1. The number of Topliss-reactive ketones (excluding diaryl/α,β-unsaturated/α-hetero) is 1. The van der Waals surface area contributed by atoms with Gasteiger partial charge in [0.05, 0.1) is 5.25 Å². The van der Waals surface area contributed by atoms with Gasteiger partial charge in [0.25, 0.3) is 0 Å². The van der Waals surface area contributed by atoms with Crippen molar-refractivity contribution in [1.82, 2.24) is 10.2 Å². The lowest BCUT2D eigenvalue weighted by atomic mass is 10.1. The molecule has 3 aromatic rings. The lowest BCUT2D eigenvalue weighted by molar-refractivity contribution is -0.114. The first kappa shape index (κ1) is 20.0. The first-order chi connectivity index (χ1) is 13.4. The third kappa shape index (κ3) is 5.37. The zero-order valence-corrected chi connectivity index (χ0v) is 16.7. The number of carbonyl (C=O) groups is 2. The zero-order chi connectivity index (χ0) is 20.1. The van der Waals surface area contributed by atoms with E-state index in [-0.39, 0.29) is 22.8 Å². The molecule has 0 aliphatic carbocycles. The number of nitrogens with zero attached hydrogens (tertiary/aromatic N) is 2. The van der Waals surface area contributed by atoms with Gasteiger partial charge in [-0.15, -0.1) is 10.2 Å². The molecule has 28 heavy (non-hydrogen) atoms. The van der Waals surface area contributed by atoms with Crippen LogP contribution in [0.5, 0.6) is 0 Å². The fraction of sp³-hybridized carbons (Fsp3) is 0.158. The van der Waals surface area contributed by atoms with Gasteiger partial charge < -0.3 is 10.6 Å². The normalized spacial score (nSPS) is 11.7. The second-order valence-electron chi connectivity index (χ2n) is 5.89. The van der Waals surface area contributed by atoms with Gasteiger partial charge in [0.15, 0.2) is 10.1 Å². The molecule has 1 heterocycles. The molecule has 0 spiro atoms. The molecule has 1 amide bonds. The quantitative estimate of drug-likeness (QED) is 0.427. The van der Waals surface area contributed by atoms with Crippen LogP contribution in [0.3, 0.4) is 0 Å². The van der Waals surface area contributed by atoms with E-state index in [0.29, 0.717) is 20.7 Å². The van der Waals surface area contributed by atoms with Crippen LogP contribution in [-0.2, 0) is 4.79 Å². The van der Waals surface area contributed by atoms with Gasteiger partial charge >= 0.3 is 0 Å². The first-order valence-corrected chi connectivity index (χ1v) is 10.0. The Hall–Kier alpha value is -2.78. The molecule has 0 bridgehead atoms. The number of amides is 1. The van der Waals surface area contributed by atoms with Crippen LogP contribution in [0.25, 0.3) is 0 Å². The van der Waals surface area contributed by atoms with E-state index in [1.165, 1.54) is 54.3 Å². The fourth-order valence-corrected chi connectivity index (χ4v) is 4.36. The van der Waals surface area contributed by atoms with Gasteiger partial charge in [-0.2, -0.15) is 0 Å². The molecule has 6 nitrogen and oxygen atoms in total. The van der Waals surface area contributed by atoms with E-state index in [9.17, 15) is 14.0 Å². The van der Waals surface area contributed by atoms with Gasteiger partial charge in [-0.25, -0.2) is 4.39 Å². The van der Waals surface area contributed by atoms with Gasteiger partial charge in [-0.3, -0.25) is 9.59 Å². The van der Waals surface area contributed by atoms with Gasteiger partial charge in [0.1, 0.15) is 5.82 Å². The predicted octanol–water partition coefficient (Wildman–Crippen LogP) is 4.74. The molecule has 9 heteroatoms. The Morgan fingerprint density at radius 3 is 2.54 bits per heavy atom. The molecule has 144 valence electrons. The van der Waals surface area contributed by atoms with Crippen LogP contribution in [-0.4, -0.2) is 27.1 Å². The topological polar surface area (TPSA) is 84.0 Å². The molecule has 1 unspecified atom stereocenters. The lowest BCUT2D eigenvalue weighted by Gasteiger charge is -2.07. The Kier molecular flexibility index (Phi) is 6.37. The smallest absolute Gasteiger partial charge is 0.221 e. The third-order valence-electron chi connectivity index (χ3n) is 3.62. The SMILES string of the molecule is CC(=O)Nc1cccc(Nc2nnc(SC(C)C(=O)c3ccc(F)cc3)s2)c1. The number of ketones is 1. The highest BCUT2D eigenvalue weighted by atomic mass is 32.2. The van der Waals surface area contributed by atoms with E-state index < -0.39 is 0 Å². The second kappa shape index (κ2) is 8.94. The third-order valence-corrected chi connectivity index (χ3v) is 5.64. The summed E-state index contributed by atoms with van der Waals surface area (Å²) in [5.74, 6) is -0.622. The number of halogens is 1. The average Bonchev–Trinajstić information content (AvgIpc) is 3.08. The summed E-state index contributed by atoms with van der Waals surface area (Å²) in [5, 5.41) is 14.2. The highest BCUT2D eigenvalue weighted by Crippen LogP contribution is 2.32. The Labute approximate surface area is 169 Å². The molecule has 3 rings (SSSR count). The number of anilines is 3. The van der Waals surface area contributed by atoms with E-state index in [4.69, 9.17) is 0 Å². The van der Waals surface area contributed by atoms with E-state index in [1.54, 1.807) is 19.1 Å². The number of rotatable bonds is 7. The van der Waals surface area contributed by atoms with Crippen LogP contribution in [0, 0.1) is 5.82 Å². The van der Waals surface area contributed by atoms with Crippen LogP contribution in [0.15, 0.2) is 52.9 Å². The largest absolute Gasteiger partial charge is 0.330 e. The number of hydrogen-bond donors (Lipinski definition) is 2. The molecule has 1 aromatic heterocycles. The van der Waals surface area contributed by atoms with Crippen LogP contribution in [0.1, 0.15) is 24.2 Å². The van der Waals surface area contributed by atoms with Crippen LogP contribution >= 0.6 is 23.1 Å². The van der Waals surface area contributed by atoms with Crippen molar-refractivity contribution >= 4 is 51.3 Å². The van der Waals surface area contributed by atoms with Crippen molar-refractivity contribution in [2.75, 3.05) is 10.6 Å². The lowest BCUT2D eigenvalue weighted by Crippen LogP contribution is -2.13. The van der Waals surface area contributed by atoms with Crippen molar-refractivity contribution in [1.29, 1.82) is 0 Å². The van der Waals surface area contributed by atoms with E-state index in [0.717, 1.165) is 5.69 Å². The summed E-state index contributed by atoms with van der Waals surface area (Å²) in [6.07, 6.45) is 0. The summed E-state index contributed by atoms with van der Waals surface area (Å²) < 4.78 is 13.6. The average molecular weight is 417 g/mol. The Morgan fingerprint density at radius 2 is 1.82 bits per heavy atom.